The topological polar surface area (TPSA) is 48.5 Å². The summed E-state index contributed by atoms with van der Waals surface area (Å²) in [6, 6.07) is 3.32. The van der Waals surface area contributed by atoms with Crippen molar-refractivity contribution in [1.29, 1.82) is 0 Å². The molecular formula is C17H15Cl3F2N4O. The van der Waals surface area contributed by atoms with Crippen LogP contribution in [0.25, 0.3) is 0 Å². The van der Waals surface area contributed by atoms with E-state index in [0.717, 1.165) is 6.07 Å². The summed E-state index contributed by atoms with van der Waals surface area (Å²) >= 11 is 18.0. The molecule has 1 N–H and O–H groups in total. The quantitative estimate of drug-likeness (QED) is 0.732. The third-order valence-corrected chi connectivity index (χ3v) is 4.92. The van der Waals surface area contributed by atoms with Crippen molar-refractivity contribution in [3.8, 4) is 0 Å². The Labute approximate surface area is 169 Å². The number of benzene rings is 1. The molecule has 10 heteroatoms. The molecule has 1 aliphatic heterocycles. The number of alkyl halides is 1. The number of nitrogens with one attached hydrogen (secondary N) is 1. The summed E-state index contributed by atoms with van der Waals surface area (Å²) in [5, 5.41) is 3.11. The molecule has 0 spiro atoms. The van der Waals surface area contributed by atoms with Crippen LogP contribution in [-0.2, 0) is 0 Å². The summed E-state index contributed by atoms with van der Waals surface area (Å²) in [5.41, 5.74) is 0.812. The van der Waals surface area contributed by atoms with Crippen molar-refractivity contribution in [3.63, 3.8) is 0 Å². The van der Waals surface area contributed by atoms with Gasteiger partial charge in [0, 0.05) is 31.2 Å². The van der Waals surface area contributed by atoms with Crippen LogP contribution in [0.1, 0.15) is 0 Å². The fourth-order valence-corrected chi connectivity index (χ4v) is 3.61. The van der Waals surface area contributed by atoms with Gasteiger partial charge < -0.3 is 15.1 Å². The molecule has 0 bridgehead atoms. The normalized spacial score (nSPS) is 17.6. The van der Waals surface area contributed by atoms with Crippen LogP contribution in [-0.4, -0.2) is 48.3 Å². The Kier molecular flexibility index (Phi) is 6.24. The average Bonchev–Trinajstić information content (AvgIpc) is 2.80. The molecule has 0 aliphatic carbocycles. The van der Waals surface area contributed by atoms with E-state index in [1.54, 1.807) is 4.90 Å². The second-order valence-corrected chi connectivity index (χ2v) is 7.22. The van der Waals surface area contributed by atoms with Crippen molar-refractivity contribution in [3.05, 3.63) is 51.5 Å². The van der Waals surface area contributed by atoms with Gasteiger partial charge in [0.2, 0.25) is 0 Å². The molecule has 0 radical (unpaired) electrons. The van der Waals surface area contributed by atoms with E-state index in [9.17, 15) is 13.6 Å². The molecule has 2 heterocycles. The van der Waals surface area contributed by atoms with Gasteiger partial charge in [-0.3, -0.25) is 4.98 Å². The smallest absolute Gasteiger partial charge is 0.322 e. The lowest BCUT2D eigenvalue weighted by Gasteiger charge is -2.25. The highest BCUT2D eigenvalue weighted by Crippen LogP contribution is 2.33. The SMILES string of the molecule is O=C(Nc1ccc(F)c(Cl)c1)N1CCN(c2c(Cl)cncc2Cl)CC(F)C1. The maximum absolute atomic E-state index is 14.5. The van der Waals surface area contributed by atoms with Gasteiger partial charge in [0.1, 0.15) is 12.0 Å². The van der Waals surface area contributed by atoms with E-state index >= 15 is 0 Å². The third kappa shape index (κ3) is 4.72. The number of amides is 2. The monoisotopic (exact) mass is 434 g/mol. The van der Waals surface area contributed by atoms with E-state index in [4.69, 9.17) is 34.8 Å². The predicted octanol–water partition coefficient (Wildman–Crippen LogP) is 4.87. The lowest BCUT2D eigenvalue weighted by Crippen LogP contribution is -2.39. The van der Waals surface area contributed by atoms with Crippen LogP contribution in [0.4, 0.5) is 25.0 Å². The fourth-order valence-electron chi connectivity index (χ4n) is 2.83. The van der Waals surface area contributed by atoms with E-state index in [1.165, 1.54) is 29.4 Å². The number of carbonyl (C=O) groups is 1. The summed E-state index contributed by atoms with van der Waals surface area (Å²) in [6.45, 7) is 0.519. The Balaban J connectivity index is 1.72. The molecule has 2 amide bonds. The number of nitrogens with zero attached hydrogens (tertiary/aromatic N) is 3. The van der Waals surface area contributed by atoms with Crippen molar-refractivity contribution in [1.82, 2.24) is 9.88 Å². The molecular weight excluding hydrogens is 421 g/mol. The first-order chi connectivity index (χ1) is 12.8. The van der Waals surface area contributed by atoms with E-state index in [0.29, 0.717) is 28.0 Å². The Hall–Kier alpha value is -1.83. The third-order valence-electron chi connectivity index (χ3n) is 4.08. The van der Waals surface area contributed by atoms with E-state index in [2.05, 4.69) is 10.3 Å². The second kappa shape index (κ2) is 8.46. The highest BCUT2D eigenvalue weighted by molar-refractivity contribution is 6.38. The Bertz CT molecular complexity index is 835. The largest absolute Gasteiger partial charge is 0.364 e. The number of hydrogen-bond donors (Lipinski definition) is 1. The van der Waals surface area contributed by atoms with Gasteiger partial charge in [0.05, 0.1) is 33.8 Å². The zero-order chi connectivity index (χ0) is 19.6. The van der Waals surface area contributed by atoms with Crippen molar-refractivity contribution in [2.45, 2.75) is 6.17 Å². The number of carbonyl (C=O) groups excluding carboxylic acids is 1. The number of rotatable bonds is 2. The molecule has 0 saturated carbocycles. The molecule has 1 aromatic carbocycles. The number of urea groups is 1. The van der Waals surface area contributed by atoms with Crippen molar-refractivity contribution < 1.29 is 13.6 Å². The predicted molar refractivity (Wildman–Crippen MR) is 103 cm³/mol. The molecule has 3 rings (SSSR count). The molecule has 1 aromatic heterocycles. The molecule has 1 fully saturated rings. The zero-order valence-electron chi connectivity index (χ0n) is 13.9. The Morgan fingerprint density at radius 3 is 2.48 bits per heavy atom. The number of halogens is 5. The first kappa shape index (κ1) is 19.9. The van der Waals surface area contributed by atoms with Crippen LogP contribution in [0.3, 0.4) is 0 Å². The van der Waals surface area contributed by atoms with E-state index < -0.39 is 18.0 Å². The van der Waals surface area contributed by atoms with Crippen LogP contribution >= 0.6 is 34.8 Å². The van der Waals surface area contributed by atoms with Gasteiger partial charge in [-0.15, -0.1) is 0 Å². The molecule has 5 nitrogen and oxygen atoms in total. The van der Waals surface area contributed by atoms with E-state index in [1.807, 2.05) is 0 Å². The van der Waals surface area contributed by atoms with Crippen LogP contribution < -0.4 is 10.2 Å². The van der Waals surface area contributed by atoms with Crippen LogP contribution in [0.5, 0.6) is 0 Å². The summed E-state index contributed by atoms with van der Waals surface area (Å²) in [7, 11) is 0. The maximum atomic E-state index is 14.5. The van der Waals surface area contributed by atoms with Gasteiger partial charge in [0.15, 0.2) is 0 Å². The standard InChI is InChI=1S/C17H15Cl3F2N4O/c18-12-5-11(1-2-15(12)22)24-17(27)26-4-3-25(8-10(21)9-26)16-13(19)6-23-7-14(16)20/h1-2,5-7,10H,3-4,8-9H2,(H,24,27). The summed E-state index contributed by atoms with van der Waals surface area (Å²) in [6.07, 6.45) is 1.56. The Morgan fingerprint density at radius 1 is 1.11 bits per heavy atom. The summed E-state index contributed by atoms with van der Waals surface area (Å²) in [5.74, 6) is -0.588. The maximum Gasteiger partial charge on any atom is 0.322 e. The van der Waals surface area contributed by atoms with Crippen molar-refractivity contribution in [2.24, 2.45) is 0 Å². The molecule has 1 atom stereocenters. The highest BCUT2D eigenvalue weighted by atomic mass is 35.5. The summed E-state index contributed by atoms with van der Waals surface area (Å²) in [4.78, 5) is 19.4. The first-order valence-corrected chi connectivity index (χ1v) is 9.17. The number of aromatic nitrogens is 1. The van der Waals surface area contributed by atoms with Crippen LogP contribution in [0, 0.1) is 5.82 Å². The lowest BCUT2D eigenvalue weighted by atomic mass is 10.3. The van der Waals surface area contributed by atoms with Crippen molar-refractivity contribution >= 4 is 52.2 Å². The molecule has 2 aromatic rings. The van der Waals surface area contributed by atoms with Gasteiger partial charge in [-0.05, 0) is 18.2 Å². The minimum atomic E-state index is -1.31. The zero-order valence-corrected chi connectivity index (χ0v) is 16.2. The minimum Gasteiger partial charge on any atom is -0.364 e. The Morgan fingerprint density at radius 2 is 1.81 bits per heavy atom. The number of anilines is 2. The number of hydrogen-bond acceptors (Lipinski definition) is 3. The molecule has 144 valence electrons. The van der Waals surface area contributed by atoms with Crippen LogP contribution in [0.2, 0.25) is 15.1 Å². The molecule has 1 aliphatic rings. The highest BCUT2D eigenvalue weighted by Gasteiger charge is 2.27. The van der Waals surface area contributed by atoms with Gasteiger partial charge in [0.25, 0.3) is 0 Å². The summed E-state index contributed by atoms with van der Waals surface area (Å²) < 4.78 is 27.7. The molecule has 27 heavy (non-hydrogen) atoms. The first-order valence-electron chi connectivity index (χ1n) is 8.04. The van der Waals surface area contributed by atoms with E-state index in [-0.39, 0.29) is 24.7 Å². The van der Waals surface area contributed by atoms with Gasteiger partial charge in [-0.25, -0.2) is 13.6 Å². The number of pyridine rings is 1. The fraction of sp³-hybridized carbons (Fsp3) is 0.294. The molecule has 1 saturated heterocycles. The lowest BCUT2D eigenvalue weighted by molar-refractivity contribution is 0.197. The van der Waals surface area contributed by atoms with Crippen molar-refractivity contribution in [2.75, 3.05) is 36.4 Å². The minimum absolute atomic E-state index is 0.0373. The van der Waals surface area contributed by atoms with Gasteiger partial charge >= 0.3 is 6.03 Å². The average molecular weight is 436 g/mol. The van der Waals surface area contributed by atoms with Crippen LogP contribution in [0.15, 0.2) is 30.6 Å². The van der Waals surface area contributed by atoms with Gasteiger partial charge in [-0.1, -0.05) is 34.8 Å². The van der Waals surface area contributed by atoms with Gasteiger partial charge in [-0.2, -0.15) is 0 Å². The molecule has 1 unspecified atom stereocenters. The second-order valence-electron chi connectivity index (χ2n) is 6.00.